The molecule has 52 heavy (non-hydrogen) atoms. The van der Waals surface area contributed by atoms with E-state index >= 15 is 0 Å². The second-order valence-corrected chi connectivity index (χ2v) is 20.2. The summed E-state index contributed by atoms with van der Waals surface area (Å²) >= 11 is -0.826. The van der Waals surface area contributed by atoms with Crippen LogP contribution in [0.5, 0.6) is 11.5 Å². The first-order valence-corrected chi connectivity index (χ1v) is 26.0. The molecule has 0 amide bonds. The van der Waals surface area contributed by atoms with Gasteiger partial charge in [-0.25, -0.2) is 0 Å². The third kappa shape index (κ3) is 10.7. The Hall–Kier alpha value is -2.62. The minimum absolute atomic E-state index is 0.168. The van der Waals surface area contributed by atoms with E-state index in [9.17, 15) is 0 Å². The number of rotatable bonds is 4. The van der Waals surface area contributed by atoms with Gasteiger partial charge >= 0.3 is 37.9 Å². The first-order chi connectivity index (χ1) is 24.4. The first-order valence-electron chi connectivity index (χ1n) is 17.7. The number of aryl methyl sites for hydroxylation is 4. The fourth-order valence-electron chi connectivity index (χ4n) is 6.63. The van der Waals surface area contributed by atoms with Gasteiger partial charge in [-0.15, -0.1) is 56.9 Å². The van der Waals surface area contributed by atoms with E-state index in [2.05, 4.69) is 167 Å². The van der Waals surface area contributed by atoms with Crippen molar-refractivity contribution < 1.29 is 30.3 Å². The number of methoxy groups -OCH3 is 2. The van der Waals surface area contributed by atoms with Gasteiger partial charge < -0.3 is 9.47 Å². The van der Waals surface area contributed by atoms with Crippen LogP contribution < -0.4 is 9.47 Å². The van der Waals surface area contributed by atoms with Gasteiger partial charge in [0, 0.05) is 9.52 Å². The Kier molecular flexibility index (Phi) is 16.1. The van der Waals surface area contributed by atoms with Crippen LogP contribution in [0.15, 0.2) is 84.9 Å². The molecule has 0 spiro atoms. The van der Waals surface area contributed by atoms with E-state index in [1.807, 2.05) is 0 Å². The Morgan fingerprint density at radius 1 is 0.558 bits per heavy atom. The molecule has 6 aromatic carbocycles. The fraction of sp³-hybridized carbons (Fsp3) is 0.348. The fourth-order valence-corrected chi connectivity index (χ4v) is 6.63. The van der Waals surface area contributed by atoms with Crippen molar-refractivity contribution in [3.8, 4) is 33.8 Å². The van der Waals surface area contributed by atoms with Crippen LogP contribution in [0.2, 0.25) is 13.1 Å². The summed E-state index contributed by atoms with van der Waals surface area (Å²) in [7, 11) is 14.5. The molecule has 2 radical (unpaired) electrons. The average Bonchev–Trinajstić information content (AvgIpc) is 3.63. The van der Waals surface area contributed by atoms with E-state index in [-0.39, 0.29) is 10.8 Å². The third-order valence-corrected chi connectivity index (χ3v) is 9.07. The Labute approximate surface area is 335 Å². The molecule has 0 aliphatic rings. The van der Waals surface area contributed by atoms with E-state index in [0.717, 1.165) is 21.0 Å². The number of fused-ring (bicyclic) bond motifs is 2. The molecule has 6 rings (SSSR count). The first kappa shape index (κ1) is 43.8. The molecule has 2 nitrogen and oxygen atoms in total. The molecule has 6 aromatic rings. The monoisotopic (exact) mass is 828 g/mol. The minimum atomic E-state index is -0.826. The number of hydrogen-bond donors (Lipinski definition) is 0. The van der Waals surface area contributed by atoms with Crippen LogP contribution in [0.4, 0.5) is 0 Å². The van der Waals surface area contributed by atoms with Crippen LogP contribution in [0.25, 0.3) is 43.8 Å². The van der Waals surface area contributed by atoms with Gasteiger partial charge in [0.15, 0.2) is 0 Å². The summed E-state index contributed by atoms with van der Waals surface area (Å²) in [5.41, 5.74) is 12.8. The van der Waals surface area contributed by atoms with Crippen molar-refractivity contribution in [2.24, 2.45) is 0 Å². The molecule has 0 bridgehead atoms. The number of ether oxygens (including phenoxy) is 2. The molecular formula is C46H56Cl2O2SiZr. The van der Waals surface area contributed by atoms with E-state index in [4.69, 9.17) is 26.5 Å². The van der Waals surface area contributed by atoms with Crippen LogP contribution in [-0.4, -0.2) is 23.7 Å². The van der Waals surface area contributed by atoms with Crippen LogP contribution in [0.3, 0.4) is 0 Å². The zero-order valence-corrected chi connectivity index (χ0v) is 38.6. The van der Waals surface area contributed by atoms with Gasteiger partial charge in [-0.2, -0.15) is 12.1 Å². The van der Waals surface area contributed by atoms with Crippen molar-refractivity contribution in [2.45, 2.75) is 93.2 Å². The second kappa shape index (κ2) is 19.1. The zero-order valence-electron chi connectivity index (χ0n) is 33.7. The van der Waals surface area contributed by atoms with Crippen molar-refractivity contribution in [1.82, 2.24) is 0 Å². The Balaban J connectivity index is 0.000000244. The quantitative estimate of drug-likeness (QED) is 0.130. The van der Waals surface area contributed by atoms with E-state index in [1.54, 1.807) is 14.2 Å². The zero-order chi connectivity index (χ0) is 39.0. The van der Waals surface area contributed by atoms with Gasteiger partial charge in [-0.1, -0.05) is 128 Å². The van der Waals surface area contributed by atoms with E-state index in [1.165, 1.54) is 77.2 Å². The molecule has 274 valence electrons. The van der Waals surface area contributed by atoms with Crippen LogP contribution in [0, 0.1) is 27.7 Å². The predicted molar refractivity (Wildman–Crippen MR) is 229 cm³/mol. The molecule has 0 heterocycles. The summed E-state index contributed by atoms with van der Waals surface area (Å²) < 4.78 is 11.5. The molecule has 0 aromatic heterocycles. The Morgan fingerprint density at radius 2 is 0.846 bits per heavy atom. The molecule has 0 saturated carbocycles. The average molecular weight is 831 g/mol. The number of benzene rings is 4. The molecule has 6 heteroatoms. The maximum absolute atomic E-state index is 5.75. The molecule has 0 saturated heterocycles. The van der Waals surface area contributed by atoms with Gasteiger partial charge in [0.2, 0.25) is 0 Å². The van der Waals surface area contributed by atoms with Gasteiger partial charge in [0.05, 0.1) is 14.2 Å². The summed E-state index contributed by atoms with van der Waals surface area (Å²) in [6.07, 6.45) is 0. The van der Waals surface area contributed by atoms with Crippen molar-refractivity contribution in [2.75, 3.05) is 14.2 Å². The van der Waals surface area contributed by atoms with E-state index in [0.29, 0.717) is 0 Å². The summed E-state index contributed by atoms with van der Waals surface area (Å²) in [5.74, 6) is 1.96. The molecule has 0 unspecified atom stereocenters. The van der Waals surface area contributed by atoms with Crippen LogP contribution in [0.1, 0.15) is 74.9 Å². The molecule has 0 atom stereocenters. The van der Waals surface area contributed by atoms with Crippen molar-refractivity contribution in [1.29, 1.82) is 0 Å². The van der Waals surface area contributed by atoms with Gasteiger partial charge in [0.25, 0.3) is 0 Å². The predicted octanol–water partition coefficient (Wildman–Crippen LogP) is 14.5. The van der Waals surface area contributed by atoms with E-state index < -0.39 is 20.8 Å². The SMILES string of the molecule is COc1c(C)cc2[cH-]c(C)cc2c1-c1ccc(C(C)(C)C)cc1.COc1c(C)cc2[cH-]c(C)cc2c1-c1ccc(C(C)(C)C)cc1.C[Si]C.[Cl][Zr+2][Cl]. The molecule has 0 aliphatic heterocycles. The van der Waals surface area contributed by atoms with Gasteiger partial charge in [-0.3, -0.25) is 0 Å². The molecule has 0 aliphatic carbocycles. The third-order valence-electron chi connectivity index (χ3n) is 9.07. The van der Waals surface area contributed by atoms with Crippen molar-refractivity contribution in [3.05, 3.63) is 118 Å². The Bertz CT molecular complexity index is 1890. The Morgan fingerprint density at radius 3 is 1.10 bits per heavy atom. The second-order valence-electron chi connectivity index (χ2n) is 15.5. The van der Waals surface area contributed by atoms with Crippen molar-refractivity contribution >= 4 is 48.1 Å². The summed E-state index contributed by atoms with van der Waals surface area (Å²) in [4.78, 5) is 0. The normalized spacial score (nSPS) is 11.1. The molecule has 0 N–H and O–H groups in total. The summed E-state index contributed by atoms with van der Waals surface area (Å²) in [6.45, 7) is 26.3. The topological polar surface area (TPSA) is 18.5 Å². The molecular weight excluding hydrogens is 775 g/mol. The number of hydrogen-bond acceptors (Lipinski definition) is 2. The number of halogens is 2. The van der Waals surface area contributed by atoms with Crippen LogP contribution >= 0.6 is 17.0 Å². The standard InChI is InChI=1S/2C22H25O.C2H6Si.2ClH.Zr/c2*1-14-11-17-13-15(2)21(23-6)20(19(17)12-14)16-7-9-18(10-8-16)22(3,4)5;1-3-2;;;/h2*7-13H,1-6H3;1-2H3;2*1H;/q2*-1;;;;+4/p-2. The maximum atomic E-state index is 5.75. The summed E-state index contributed by atoms with van der Waals surface area (Å²) in [6, 6.07) is 31.3. The molecule has 0 fully saturated rings. The van der Waals surface area contributed by atoms with Crippen LogP contribution in [-0.2, 0) is 31.7 Å². The van der Waals surface area contributed by atoms with Gasteiger partial charge in [-0.05, 0) is 58.1 Å². The van der Waals surface area contributed by atoms with Gasteiger partial charge in [0.1, 0.15) is 11.5 Å². The summed E-state index contributed by atoms with van der Waals surface area (Å²) in [5, 5.41) is 5.12. The van der Waals surface area contributed by atoms with Crippen molar-refractivity contribution in [3.63, 3.8) is 0 Å².